The van der Waals surface area contributed by atoms with Crippen LogP contribution in [0.4, 0.5) is 4.79 Å². The van der Waals surface area contributed by atoms with E-state index in [0.29, 0.717) is 13.0 Å². The smallest absolute Gasteiger partial charge is 0.328 e. The molecule has 2 N–H and O–H groups in total. The lowest BCUT2D eigenvalue weighted by atomic mass is 10.2. The van der Waals surface area contributed by atoms with Crippen LogP contribution in [0.5, 0.6) is 0 Å². The quantitative estimate of drug-likeness (QED) is 0.877. The van der Waals surface area contributed by atoms with Gasteiger partial charge < -0.3 is 9.88 Å². The van der Waals surface area contributed by atoms with Gasteiger partial charge in [-0.15, -0.1) is 0 Å². The summed E-state index contributed by atoms with van der Waals surface area (Å²) < 4.78 is 27.9. The molecule has 7 heteroatoms. The van der Waals surface area contributed by atoms with Gasteiger partial charge in [0.1, 0.15) is 0 Å². The zero-order chi connectivity index (χ0) is 16.2. The van der Waals surface area contributed by atoms with Gasteiger partial charge >= 0.3 is 6.03 Å². The van der Waals surface area contributed by atoms with Crippen LogP contribution in [-0.2, 0) is 23.5 Å². The molecule has 0 fully saturated rings. The largest absolute Gasteiger partial charge is 0.357 e. The van der Waals surface area contributed by atoms with E-state index in [0.717, 1.165) is 11.1 Å². The third-order valence-electron chi connectivity index (χ3n) is 3.15. The predicted octanol–water partition coefficient (Wildman–Crippen LogP) is 1.56. The van der Waals surface area contributed by atoms with Gasteiger partial charge in [0.05, 0.1) is 4.90 Å². The molecule has 0 spiro atoms. The van der Waals surface area contributed by atoms with Crippen LogP contribution >= 0.6 is 0 Å². The number of benzene rings is 1. The Hall–Kier alpha value is -2.28. The van der Waals surface area contributed by atoms with Crippen molar-refractivity contribution in [3.8, 4) is 0 Å². The van der Waals surface area contributed by atoms with Crippen LogP contribution in [-0.4, -0.2) is 25.6 Å². The van der Waals surface area contributed by atoms with Gasteiger partial charge in [-0.3, -0.25) is 0 Å². The minimum atomic E-state index is -3.83. The second-order valence-electron chi connectivity index (χ2n) is 5.11. The molecule has 0 aliphatic rings. The Bertz CT molecular complexity index is 749. The van der Waals surface area contributed by atoms with Crippen LogP contribution < -0.4 is 10.0 Å². The van der Waals surface area contributed by atoms with E-state index in [1.807, 2.05) is 41.7 Å². The summed E-state index contributed by atoms with van der Waals surface area (Å²) in [6.45, 7) is 2.22. The maximum absolute atomic E-state index is 12.0. The number of nitrogens with one attached hydrogen (secondary N) is 2. The maximum Gasteiger partial charge on any atom is 0.328 e. The summed E-state index contributed by atoms with van der Waals surface area (Å²) in [4.78, 5) is 11.8. The number of aryl methyl sites for hydroxylation is 2. The van der Waals surface area contributed by atoms with Crippen LogP contribution in [0.1, 0.15) is 11.1 Å². The lowest BCUT2D eigenvalue weighted by Gasteiger charge is -2.08. The maximum atomic E-state index is 12.0. The standard InChI is InChI=1S/C15H19N3O3S/c1-12-3-5-14(6-4-12)22(20,21)17-15(19)16-9-7-13-8-10-18(2)11-13/h3-6,8,10-11H,7,9H2,1-2H3,(H2,16,17,19). The molecule has 0 aliphatic heterocycles. The molecule has 0 bridgehead atoms. The molecule has 1 aromatic heterocycles. The lowest BCUT2D eigenvalue weighted by molar-refractivity contribution is 0.246. The number of rotatable bonds is 5. The summed E-state index contributed by atoms with van der Waals surface area (Å²) in [5, 5.41) is 2.54. The highest BCUT2D eigenvalue weighted by Crippen LogP contribution is 2.09. The summed E-state index contributed by atoms with van der Waals surface area (Å²) in [6, 6.07) is 7.52. The number of carbonyl (C=O) groups is 1. The fourth-order valence-electron chi connectivity index (χ4n) is 1.96. The zero-order valence-corrected chi connectivity index (χ0v) is 13.4. The molecule has 1 heterocycles. The summed E-state index contributed by atoms with van der Waals surface area (Å²) in [6.07, 6.45) is 4.50. The molecule has 0 atom stereocenters. The first-order valence-electron chi connectivity index (χ1n) is 6.85. The van der Waals surface area contributed by atoms with Crippen LogP contribution in [0.3, 0.4) is 0 Å². The fraction of sp³-hybridized carbons (Fsp3) is 0.267. The number of amides is 2. The first-order valence-corrected chi connectivity index (χ1v) is 8.33. The average molecular weight is 321 g/mol. The van der Waals surface area contributed by atoms with Crippen molar-refractivity contribution in [1.82, 2.24) is 14.6 Å². The molecule has 1 aromatic carbocycles. The lowest BCUT2D eigenvalue weighted by Crippen LogP contribution is -2.40. The van der Waals surface area contributed by atoms with E-state index in [4.69, 9.17) is 0 Å². The van der Waals surface area contributed by atoms with E-state index in [-0.39, 0.29) is 4.90 Å². The molecule has 0 unspecified atom stereocenters. The summed E-state index contributed by atoms with van der Waals surface area (Å²) in [5.41, 5.74) is 2.02. The van der Waals surface area contributed by atoms with Crippen molar-refractivity contribution in [1.29, 1.82) is 0 Å². The molecule has 0 saturated heterocycles. The van der Waals surface area contributed by atoms with E-state index < -0.39 is 16.1 Å². The number of urea groups is 1. The topological polar surface area (TPSA) is 80.2 Å². The average Bonchev–Trinajstić information content (AvgIpc) is 2.84. The molecule has 0 aliphatic carbocycles. The van der Waals surface area contributed by atoms with Crippen molar-refractivity contribution >= 4 is 16.1 Å². The normalized spacial score (nSPS) is 11.2. The van der Waals surface area contributed by atoms with Crippen LogP contribution in [0.2, 0.25) is 0 Å². The zero-order valence-electron chi connectivity index (χ0n) is 12.5. The molecule has 2 amide bonds. The number of hydrogen-bond donors (Lipinski definition) is 2. The van der Waals surface area contributed by atoms with Gasteiger partial charge in [-0.2, -0.15) is 0 Å². The van der Waals surface area contributed by atoms with Crippen LogP contribution in [0.15, 0.2) is 47.6 Å². The first kappa shape index (κ1) is 16.1. The molecule has 0 saturated carbocycles. The Balaban J connectivity index is 1.86. The third-order valence-corrected chi connectivity index (χ3v) is 4.50. The number of aromatic nitrogens is 1. The second kappa shape index (κ2) is 6.65. The van der Waals surface area contributed by atoms with Gasteiger partial charge in [-0.1, -0.05) is 17.7 Å². The van der Waals surface area contributed by atoms with Crippen molar-refractivity contribution < 1.29 is 13.2 Å². The third kappa shape index (κ3) is 4.36. The minimum Gasteiger partial charge on any atom is -0.357 e. The van der Waals surface area contributed by atoms with Crippen molar-refractivity contribution in [2.24, 2.45) is 7.05 Å². The first-order chi connectivity index (χ1) is 10.4. The molecule has 118 valence electrons. The highest BCUT2D eigenvalue weighted by Gasteiger charge is 2.16. The number of hydrogen-bond acceptors (Lipinski definition) is 3. The highest BCUT2D eigenvalue weighted by molar-refractivity contribution is 7.90. The second-order valence-corrected chi connectivity index (χ2v) is 6.79. The van der Waals surface area contributed by atoms with Gasteiger partial charge in [0, 0.05) is 26.0 Å². The number of carbonyl (C=O) groups excluding carboxylic acids is 1. The van der Waals surface area contributed by atoms with Gasteiger partial charge in [0.2, 0.25) is 0 Å². The van der Waals surface area contributed by atoms with E-state index in [1.54, 1.807) is 12.1 Å². The molecule has 2 aromatic rings. The monoisotopic (exact) mass is 321 g/mol. The number of sulfonamides is 1. The molecule has 6 nitrogen and oxygen atoms in total. The van der Waals surface area contributed by atoms with Crippen molar-refractivity contribution in [2.45, 2.75) is 18.2 Å². The number of nitrogens with zero attached hydrogens (tertiary/aromatic N) is 1. The molecule has 0 radical (unpaired) electrons. The SMILES string of the molecule is Cc1ccc(S(=O)(=O)NC(=O)NCCc2ccn(C)c2)cc1. The van der Waals surface area contributed by atoms with Gasteiger partial charge in [-0.05, 0) is 37.1 Å². The van der Waals surface area contributed by atoms with Crippen LogP contribution in [0, 0.1) is 6.92 Å². The van der Waals surface area contributed by atoms with Crippen molar-refractivity contribution in [3.63, 3.8) is 0 Å². The van der Waals surface area contributed by atoms with E-state index >= 15 is 0 Å². The fourth-order valence-corrected chi connectivity index (χ4v) is 2.89. The van der Waals surface area contributed by atoms with Crippen LogP contribution in [0.25, 0.3) is 0 Å². The Morgan fingerprint density at radius 2 is 1.86 bits per heavy atom. The van der Waals surface area contributed by atoms with Gasteiger partial charge in [-0.25, -0.2) is 17.9 Å². The van der Waals surface area contributed by atoms with Crippen molar-refractivity contribution in [3.05, 3.63) is 53.9 Å². The Morgan fingerprint density at radius 1 is 1.18 bits per heavy atom. The molecule has 22 heavy (non-hydrogen) atoms. The Morgan fingerprint density at radius 3 is 2.45 bits per heavy atom. The predicted molar refractivity (Wildman–Crippen MR) is 84.0 cm³/mol. The molecular formula is C15H19N3O3S. The highest BCUT2D eigenvalue weighted by atomic mass is 32.2. The van der Waals surface area contributed by atoms with Crippen molar-refractivity contribution in [2.75, 3.05) is 6.54 Å². The Labute approximate surface area is 130 Å². The Kier molecular flexibility index (Phi) is 4.87. The molecule has 2 rings (SSSR count). The summed E-state index contributed by atoms with van der Waals surface area (Å²) >= 11 is 0. The summed E-state index contributed by atoms with van der Waals surface area (Å²) in [5.74, 6) is 0. The van der Waals surface area contributed by atoms with E-state index in [1.165, 1.54) is 12.1 Å². The van der Waals surface area contributed by atoms with Gasteiger partial charge in [0.15, 0.2) is 0 Å². The molecular weight excluding hydrogens is 302 g/mol. The minimum absolute atomic E-state index is 0.0660. The van der Waals surface area contributed by atoms with E-state index in [9.17, 15) is 13.2 Å². The summed E-state index contributed by atoms with van der Waals surface area (Å²) in [7, 11) is -1.92. The van der Waals surface area contributed by atoms with Gasteiger partial charge in [0.25, 0.3) is 10.0 Å². The van der Waals surface area contributed by atoms with E-state index in [2.05, 4.69) is 5.32 Å².